The van der Waals surface area contributed by atoms with Gasteiger partial charge in [0.15, 0.2) is 0 Å². The van der Waals surface area contributed by atoms with Gasteiger partial charge in [-0.2, -0.15) is 0 Å². The van der Waals surface area contributed by atoms with Crippen molar-refractivity contribution in [3.8, 4) is 0 Å². The maximum absolute atomic E-state index is 11.6. The second-order valence-corrected chi connectivity index (χ2v) is 5.42. The highest BCUT2D eigenvalue weighted by Crippen LogP contribution is 2.31. The second-order valence-electron chi connectivity index (χ2n) is 4.19. The van der Waals surface area contributed by atoms with Crippen LogP contribution in [0.1, 0.15) is 41.4 Å². The zero-order valence-corrected chi connectivity index (χ0v) is 10.1. The fourth-order valence-electron chi connectivity index (χ4n) is 1.69. The highest BCUT2D eigenvalue weighted by molar-refractivity contribution is 7.11. The molecule has 1 saturated carbocycles. The van der Waals surface area contributed by atoms with Gasteiger partial charge in [0, 0.05) is 10.8 Å². The van der Waals surface area contributed by atoms with E-state index >= 15 is 0 Å². The van der Waals surface area contributed by atoms with Gasteiger partial charge in [0.25, 0.3) is 0 Å². The average molecular weight is 224 g/mol. The number of carbonyl (C=O) groups is 1. The van der Waals surface area contributed by atoms with Crippen LogP contribution < -0.4 is 5.32 Å². The summed E-state index contributed by atoms with van der Waals surface area (Å²) in [4.78, 5) is 17.1. The van der Waals surface area contributed by atoms with Crippen molar-refractivity contribution in [1.82, 2.24) is 10.3 Å². The fraction of sp³-hybridized carbons (Fsp3) is 0.636. The molecule has 4 heteroatoms. The smallest absolute Gasteiger partial charge is 0.223 e. The molecular weight excluding hydrogens is 208 g/mol. The standard InChI is InChI=1S/C11H16N2OS/c1-6-10(15-8(3)12-6)7(2)13-11(14)9-4-5-9/h7,9H,4-5H2,1-3H3,(H,13,14). The molecule has 1 amide bonds. The molecule has 1 atom stereocenters. The summed E-state index contributed by atoms with van der Waals surface area (Å²) in [6.07, 6.45) is 2.11. The summed E-state index contributed by atoms with van der Waals surface area (Å²) in [5, 5.41) is 4.11. The van der Waals surface area contributed by atoms with E-state index in [9.17, 15) is 4.79 Å². The number of aryl methyl sites for hydroxylation is 2. The average Bonchev–Trinajstić information content (AvgIpc) is 2.92. The third-order valence-electron chi connectivity index (χ3n) is 2.64. The Bertz CT molecular complexity index is 382. The van der Waals surface area contributed by atoms with E-state index in [1.54, 1.807) is 11.3 Å². The van der Waals surface area contributed by atoms with Gasteiger partial charge in [-0.15, -0.1) is 11.3 Å². The first-order valence-corrected chi connectivity index (χ1v) is 6.14. The van der Waals surface area contributed by atoms with Gasteiger partial charge in [-0.1, -0.05) is 0 Å². The van der Waals surface area contributed by atoms with Crippen LogP contribution in [0.25, 0.3) is 0 Å². The van der Waals surface area contributed by atoms with Crippen LogP contribution in [-0.4, -0.2) is 10.9 Å². The van der Waals surface area contributed by atoms with Gasteiger partial charge >= 0.3 is 0 Å². The molecule has 1 N–H and O–H groups in total. The maximum atomic E-state index is 11.6. The van der Waals surface area contributed by atoms with Crippen LogP contribution in [0.3, 0.4) is 0 Å². The molecule has 0 aliphatic heterocycles. The largest absolute Gasteiger partial charge is 0.348 e. The molecule has 0 bridgehead atoms. The molecule has 15 heavy (non-hydrogen) atoms. The van der Waals surface area contributed by atoms with Crippen LogP contribution in [0, 0.1) is 19.8 Å². The van der Waals surface area contributed by atoms with Crippen LogP contribution in [0.2, 0.25) is 0 Å². The van der Waals surface area contributed by atoms with Crippen LogP contribution in [0.4, 0.5) is 0 Å². The van der Waals surface area contributed by atoms with E-state index in [1.807, 2.05) is 20.8 Å². The zero-order valence-electron chi connectivity index (χ0n) is 9.33. The number of thiazole rings is 1. The van der Waals surface area contributed by atoms with E-state index in [4.69, 9.17) is 0 Å². The number of nitrogens with zero attached hydrogens (tertiary/aromatic N) is 1. The minimum Gasteiger partial charge on any atom is -0.348 e. The number of hydrogen-bond acceptors (Lipinski definition) is 3. The number of carbonyl (C=O) groups excluding carboxylic acids is 1. The number of nitrogens with one attached hydrogen (secondary N) is 1. The van der Waals surface area contributed by atoms with E-state index in [0.29, 0.717) is 0 Å². The quantitative estimate of drug-likeness (QED) is 0.856. The summed E-state index contributed by atoms with van der Waals surface area (Å²) in [7, 11) is 0. The van der Waals surface area contributed by atoms with Crippen molar-refractivity contribution in [1.29, 1.82) is 0 Å². The van der Waals surface area contributed by atoms with Crippen molar-refractivity contribution in [2.45, 2.75) is 39.7 Å². The summed E-state index contributed by atoms with van der Waals surface area (Å²) in [5.74, 6) is 0.481. The number of amides is 1. The molecule has 0 radical (unpaired) electrons. The summed E-state index contributed by atoms with van der Waals surface area (Å²) in [6, 6.07) is 0.101. The van der Waals surface area contributed by atoms with Crippen molar-refractivity contribution in [2.24, 2.45) is 5.92 Å². The Morgan fingerprint density at radius 2 is 2.20 bits per heavy atom. The summed E-state index contributed by atoms with van der Waals surface area (Å²) < 4.78 is 0. The number of rotatable bonds is 3. The normalized spacial score (nSPS) is 17.5. The SMILES string of the molecule is Cc1nc(C)c(C(C)NC(=O)C2CC2)s1. The molecule has 3 nitrogen and oxygen atoms in total. The van der Waals surface area contributed by atoms with Gasteiger partial charge in [-0.3, -0.25) is 4.79 Å². The van der Waals surface area contributed by atoms with Gasteiger partial charge in [-0.05, 0) is 33.6 Å². The van der Waals surface area contributed by atoms with E-state index in [2.05, 4.69) is 10.3 Å². The van der Waals surface area contributed by atoms with Crippen molar-refractivity contribution >= 4 is 17.2 Å². The molecule has 1 aromatic rings. The van der Waals surface area contributed by atoms with Crippen LogP contribution in [-0.2, 0) is 4.79 Å². The van der Waals surface area contributed by atoms with Crippen LogP contribution in [0.15, 0.2) is 0 Å². The molecule has 1 fully saturated rings. The zero-order chi connectivity index (χ0) is 11.0. The van der Waals surface area contributed by atoms with Gasteiger partial charge in [-0.25, -0.2) is 4.98 Å². The lowest BCUT2D eigenvalue weighted by atomic mass is 10.2. The minimum atomic E-state index is 0.101. The summed E-state index contributed by atoms with van der Waals surface area (Å²) >= 11 is 1.67. The highest BCUT2D eigenvalue weighted by atomic mass is 32.1. The molecule has 0 spiro atoms. The Labute approximate surface area is 93.9 Å². The lowest BCUT2D eigenvalue weighted by Crippen LogP contribution is -2.27. The Hall–Kier alpha value is -0.900. The van der Waals surface area contributed by atoms with Gasteiger partial charge in [0.1, 0.15) is 0 Å². The maximum Gasteiger partial charge on any atom is 0.223 e. The second kappa shape index (κ2) is 3.93. The van der Waals surface area contributed by atoms with Crippen molar-refractivity contribution < 1.29 is 4.79 Å². The molecular formula is C11H16N2OS. The lowest BCUT2D eigenvalue weighted by molar-refractivity contribution is -0.122. The fourth-order valence-corrected chi connectivity index (χ4v) is 2.62. The first-order chi connectivity index (χ1) is 7.08. The van der Waals surface area contributed by atoms with Crippen LogP contribution in [0.5, 0.6) is 0 Å². The van der Waals surface area contributed by atoms with Gasteiger partial charge < -0.3 is 5.32 Å². The lowest BCUT2D eigenvalue weighted by Gasteiger charge is -2.12. The topological polar surface area (TPSA) is 42.0 Å². The monoisotopic (exact) mass is 224 g/mol. The summed E-state index contributed by atoms with van der Waals surface area (Å²) in [6.45, 7) is 6.02. The molecule has 1 unspecified atom stereocenters. The molecule has 2 rings (SSSR count). The summed E-state index contributed by atoms with van der Waals surface area (Å²) in [5.41, 5.74) is 1.04. The molecule has 1 aliphatic rings. The van der Waals surface area contributed by atoms with Crippen molar-refractivity contribution in [3.63, 3.8) is 0 Å². The first kappa shape index (κ1) is 10.6. The van der Waals surface area contributed by atoms with Gasteiger partial charge in [0.05, 0.1) is 16.7 Å². The molecule has 0 saturated heterocycles. The van der Waals surface area contributed by atoms with Gasteiger partial charge in [0.2, 0.25) is 5.91 Å². The Balaban J connectivity index is 2.03. The molecule has 82 valence electrons. The third kappa shape index (κ3) is 2.37. The van der Waals surface area contributed by atoms with E-state index in [-0.39, 0.29) is 17.9 Å². The van der Waals surface area contributed by atoms with Crippen LogP contribution >= 0.6 is 11.3 Å². The molecule has 1 heterocycles. The Morgan fingerprint density at radius 1 is 1.53 bits per heavy atom. The highest BCUT2D eigenvalue weighted by Gasteiger charge is 2.30. The molecule has 0 aromatic carbocycles. The van der Waals surface area contributed by atoms with E-state index in [1.165, 1.54) is 4.88 Å². The number of hydrogen-bond donors (Lipinski definition) is 1. The van der Waals surface area contributed by atoms with Crippen molar-refractivity contribution in [3.05, 3.63) is 15.6 Å². The predicted molar refractivity (Wildman–Crippen MR) is 60.9 cm³/mol. The van der Waals surface area contributed by atoms with E-state index in [0.717, 1.165) is 23.5 Å². The number of aromatic nitrogens is 1. The minimum absolute atomic E-state index is 0.101. The predicted octanol–water partition coefficient (Wildman–Crippen LogP) is 2.35. The van der Waals surface area contributed by atoms with Crippen molar-refractivity contribution in [2.75, 3.05) is 0 Å². The van der Waals surface area contributed by atoms with E-state index < -0.39 is 0 Å². The third-order valence-corrected chi connectivity index (χ3v) is 3.90. The Morgan fingerprint density at radius 3 is 2.67 bits per heavy atom. The molecule has 1 aromatic heterocycles. The molecule has 1 aliphatic carbocycles. The Kier molecular flexibility index (Phi) is 2.78. The first-order valence-electron chi connectivity index (χ1n) is 5.32.